The molecule has 0 saturated heterocycles. The van der Waals surface area contributed by atoms with E-state index in [1.54, 1.807) is 12.5 Å². The zero-order valence-electron chi connectivity index (χ0n) is 17.7. The highest BCUT2D eigenvalue weighted by molar-refractivity contribution is 6.30. The van der Waals surface area contributed by atoms with Crippen LogP contribution in [0.4, 0.5) is 0 Å². The molecule has 1 heterocycles. The molecule has 30 heavy (non-hydrogen) atoms. The highest BCUT2D eigenvalue weighted by atomic mass is 35.5. The maximum absolute atomic E-state index is 13.2. The summed E-state index contributed by atoms with van der Waals surface area (Å²) in [6, 6.07) is 0. The molecule has 5 rings (SSSR count). The highest BCUT2D eigenvalue weighted by Gasteiger charge is 2.57. The standard InChI is InChI=1S/C25H31ClN2O2/c1-24-8-6-19-18-7-9-25(30,10-11-26)14-17(18)2-3-20(19)21(24)4-5-22(24)23(29)15-28-13-12-27-16-28/h2,12-13,16,18-22,30H,3-9,14-15H2,1H3/t18-,19+,20+,21-,22+,24-,25+/m0/s1. The van der Waals surface area contributed by atoms with Gasteiger partial charge in [-0.25, -0.2) is 4.98 Å². The van der Waals surface area contributed by atoms with Gasteiger partial charge in [0.15, 0.2) is 5.78 Å². The van der Waals surface area contributed by atoms with E-state index in [0.29, 0.717) is 48.8 Å². The Morgan fingerprint density at radius 3 is 2.93 bits per heavy atom. The lowest BCUT2D eigenvalue weighted by Crippen LogP contribution is -2.48. The second-order valence-corrected chi connectivity index (χ2v) is 10.6. The summed E-state index contributed by atoms with van der Waals surface area (Å²) in [6.07, 6.45) is 15.8. The first-order valence-electron chi connectivity index (χ1n) is 11.5. The van der Waals surface area contributed by atoms with Gasteiger partial charge < -0.3 is 9.67 Å². The van der Waals surface area contributed by atoms with E-state index in [1.165, 1.54) is 18.4 Å². The van der Waals surface area contributed by atoms with E-state index in [1.807, 2.05) is 10.8 Å². The SMILES string of the molecule is C[C@]12CC[C@H]3[C@@H](CC=C4C[C@](O)(C#CCl)CC[C@@H]43)[C@@H]1CC[C@@H]2C(=O)Cn1ccnc1. The molecule has 0 amide bonds. The number of aromatic nitrogens is 2. The van der Waals surface area contributed by atoms with E-state index >= 15 is 0 Å². The molecule has 3 saturated carbocycles. The molecule has 4 aliphatic carbocycles. The molecule has 160 valence electrons. The van der Waals surface area contributed by atoms with Crippen molar-refractivity contribution in [2.24, 2.45) is 35.0 Å². The minimum absolute atomic E-state index is 0.129. The number of Topliss-reactive ketones (excluding diaryl/α,β-unsaturated/α-hetero) is 1. The van der Waals surface area contributed by atoms with Crippen LogP contribution in [-0.2, 0) is 11.3 Å². The number of ketones is 1. The minimum atomic E-state index is -0.946. The van der Waals surface area contributed by atoms with Crippen molar-refractivity contribution in [3.8, 4) is 11.3 Å². The number of halogens is 1. The Morgan fingerprint density at radius 1 is 1.30 bits per heavy atom. The molecular weight excluding hydrogens is 396 g/mol. The monoisotopic (exact) mass is 426 g/mol. The molecule has 1 N–H and O–H groups in total. The second-order valence-electron chi connectivity index (χ2n) is 10.4. The largest absolute Gasteiger partial charge is 0.377 e. The Kier molecular flexibility index (Phi) is 5.11. The number of hydrogen-bond acceptors (Lipinski definition) is 3. The zero-order chi connectivity index (χ0) is 20.9. The van der Waals surface area contributed by atoms with Crippen LogP contribution in [0.15, 0.2) is 30.4 Å². The molecule has 4 nitrogen and oxygen atoms in total. The van der Waals surface area contributed by atoms with Gasteiger partial charge in [-0.05, 0) is 85.6 Å². The lowest BCUT2D eigenvalue weighted by Gasteiger charge is -2.54. The number of nitrogens with zero attached hydrogens (tertiary/aromatic N) is 2. The van der Waals surface area contributed by atoms with Crippen molar-refractivity contribution >= 4 is 17.4 Å². The number of carbonyl (C=O) groups excluding carboxylic acids is 1. The minimum Gasteiger partial charge on any atom is -0.377 e. The fourth-order valence-electron chi connectivity index (χ4n) is 7.69. The molecule has 1 aromatic rings. The van der Waals surface area contributed by atoms with Gasteiger partial charge in [0, 0.05) is 30.1 Å². The van der Waals surface area contributed by atoms with Crippen LogP contribution in [0, 0.1) is 46.3 Å². The van der Waals surface area contributed by atoms with Crippen LogP contribution in [0.3, 0.4) is 0 Å². The third-order valence-corrected chi connectivity index (χ3v) is 9.16. The summed E-state index contributed by atoms with van der Waals surface area (Å²) in [6.45, 7) is 2.85. The van der Waals surface area contributed by atoms with Crippen molar-refractivity contribution in [1.29, 1.82) is 0 Å². The predicted molar refractivity (Wildman–Crippen MR) is 116 cm³/mol. The zero-order valence-corrected chi connectivity index (χ0v) is 18.4. The van der Waals surface area contributed by atoms with Gasteiger partial charge in [0.05, 0.1) is 12.9 Å². The summed E-state index contributed by atoms with van der Waals surface area (Å²) in [5, 5.41) is 13.2. The Morgan fingerprint density at radius 2 is 2.17 bits per heavy atom. The lowest BCUT2D eigenvalue weighted by molar-refractivity contribution is -0.129. The third-order valence-electron chi connectivity index (χ3n) is 9.07. The van der Waals surface area contributed by atoms with Crippen LogP contribution in [0.2, 0.25) is 0 Å². The number of fused-ring (bicyclic) bond motifs is 5. The van der Waals surface area contributed by atoms with Gasteiger partial charge in [-0.15, -0.1) is 0 Å². The van der Waals surface area contributed by atoms with E-state index in [0.717, 1.165) is 25.7 Å². The van der Waals surface area contributed by atoms with E-state index in [9.17, 15) is 9.90 Å². The normalized spacial score (nSPS) is 42.2. The maximum atomic E-state index is 13.2. The van der Waals surface area contributed by atoms with Crippen LogP contribution >= 0.6 is 11.6 Å². The maximum Gasteiger partial charge on any atom is 0.156 e. The highest BCUT2D eigenvalue weighted by Crippen LogP contribution is 2.63. The number of rotatable bonds is 3. The van der Waals surface area contributed by atoms with Gasteiger partial charge >= 0.3 is 0 Å². The molecule has 0 bridgehead atoms. The smallest absolute Gasteiger partial charge is 0.156 e. The average molecular weight is 427 g/mol. The van der Waals surface area contributed by atoms with Crippen molar-refractivity contribution in [2.75, 3.05) is 0 Å². The fourth-order valence-corrected chi connectivity index (χ4v) is 7.86. The third kappa shape index (κ3) is 3.26. The van der Waals surface area contributed by atoms with E-state index in [-0.39, 0.29) is 11.3 Å². The number of hydrogen-bond donors (Lipinski definition) is 1. The van der Waals surface area contributed by atoms with Crippen LogP contribution in [-0.4, -0.2) is 26.0 Å². The van der Waals surface area contributed by atoms with Crippen LogP contribution in [0.5, 0.6) is 0 Å². The molecule has 0 unspecified atom stereocenters. The van der Waals surface area contributed by atoms with Gasteiger partial charge in [-0.1, -0.05) is 24.5 Å². The Labute approximate surface area is 184 Å². The summed E-state index contributed by atoms with van der Waals surface area (Å²) >= 11 is 5.60. The predicted octanol–water partition coefficient (Wildman–Crippen LogP) is 4.57. The quantitative estimate of drug-likeness (QED) is 0.568. The van der Waals surface area contributed by atoms with Crippen LogP contribution in [0.1, 0.15) is 58.3 Å². The molecular formula is C25H31ClN2O2. The molecule has 5 heteroatoms. The number of aliphatic hydroxyl groups is 1. The van der Waals surface area contributed by atoms with Gasteiger partial charge in [0.2, 0.25) is 0 Å². The van der Waals surface area contributed by atoms with Crippen LogP contribution in [0.25, 0.3) is 0 Å². The van der Waals surface area contributed by atoms with Crippen LogP contribution < -0.4 is 0 Å². The van der Waals surface area contributed by atoms with Crippen molar-refractivity contribution in [1.82, 2.24) is 9.55 Å². The van der Waals surface area contributed by atoms with Gasteiger partial charge in [-0.2, -0.15) is 0 Å². The first-order chi connectivity index (χ1) is 14.4. The Balaban J connectivity index is 1.34. The fraction of sp³-hybridized carbons (Fsp3) is 0.680. The van der Waals surface area contributed by atoms with Gasteiger partial charge in [0.25, 0.3) is 0 Å². The average Bonchev–Trinajstić information content (AvgIpc) is 3.34. The Hall–Kier alpha value is -1.57. The van der Waals surface area contributed by atoms with Crippen molar-refractivity contribution < 1.29 is 9.90 Å². The number of imidazole rings is 1. The lowest BCUT2D eigenvalue weighted by atomic mass is 9.51. The molecule has 3 fully saturated rings. The summed E-state index contributed by atoms with van der Waals surface area (Å²) in [4.78, 5) is 17.3. The van der Waals surface area contributed by atoms with Crippen molar-refractivity contribution in [2.45, 2.75) is 70.4 Å². The first kappa shape index (κ1) is 20.3. The summed E-state index contributed by atoms with van der Waals surface area (Å²) in [5.41, 5.74) is 0.584. The summed E-state index contributed by atoms with van der Waals surface area (Å²) in [7, 11) is 0. The molecule has 1 aromatic heterocycles. The molecule has 0 radical (unpaired) electrons. The van der Waals surface area contributed by atoms with Crippen molar-refractivity contribution in [3.63, 3.8) is 0 Å². The second kappa shape index (κ2) is 7.53. The van der Waals surface area contributed by atoms with Crippen molar-refractivity contribution in [3.05, 3.63) is 30.4 Å². The number of allylic oxidation sites excluding steroid dienone is 1. The first-order valence-corrected chi connectivity index (χ1v) is 11.8. The van der Waals surface area contributed by atoms with Gasteiger partial charge in [-0.3, -0.25) is 4.79 Å². The summed E-state index contributed by atoms with van der Waals surface area (Å²) in [5.74, 6) is 5.96. The molecule has 7 atom stereocenters. The molecule has 4 aliphatic rings. The molecule has 0 aliphatic heterocycles. The van der Waals surface area contributed by atoms with E-state index in [4.69, 9.17) is 11.6 Å². The Bertz CT molecular complexity index is 913. The number of carbonyl (C=O) groups is 1. The molecule has 0 spiro atoms. The molecule has 0 aromatic carbocycles. The summed E-state index contributed by atoms with van der Waals surface area (Å²) < 4.78 is 1.91. The van der Waals surface area contributed by atoms with E-state index in [2.05, 4.69) is 29.3 Å². The topological polar surface area (TPSA) is 55.1 Å². The van der Waals surface area contributed by atoms with Gasteiger partial charge in [0.1, 0.15) is 5.60 Å². The van der Waals surface area contributed by atoms with E-state index < -0.39 is 5.60 Å².